The second-order valence-electron chi connectivity index (χ2n) is 4.00. The van der Waals surface area contributed by atoms with Gasteiger partial charge in [-0.3, -0.25) is 0 Å². The van der Waals surface area contributed by atoms with Crippen molar-refractivity contribution in [2.75, 3.05) is 6.61 Å². The molecule has 0 aliphatic carbocycles. The molecule has 2 heteroatoms. The lowest BCUT2D eigenvalue weighted by molar-refractivity contribution is 0.322. The monoisotopic (exact) mass is 246 g/mol. The SMILES string of the molecule is Cc1cc(OCCc2ccccc2)ccc1Cl. The molecular formula is C15H15ClO. The van der Waals surface area contributed by atoms with Crippen LogP contribution < -0.4 is 4.74 Å². The predicted molar refractivity (Wildman–Crippen MR) is 71.8 cm³/mol. The zero-order chi connectivity index (χ0) is 12.1. The number of hydrogen-bond donors (Lipinski definition) is 0. The van der Waals surface area contributed by atoms with Crippen molar-refractivity contribution in [2.24, 2.45) is 0 Å². The fraction of sp³-hybridized carbons (Fsp3) is 0.200. The number of rotatable bonds is 4. The van der Waals surface area contributed by atoms with Gasteiger partial charge in [-0.25, -0.2) is 0 Å². The molecule has 0 heterocycles. The molecule has 0 amide bonds. The Balaban J connectivity index is 1.88. The second-order valence-corrected chi connectivity index (χ2v) is 4.40. The highest BCUT2D eigenvalue weighted by molar-refractivity contribution is 6.31. The third kappa shape index (κ3) is 3.50. The summed E-state index contributed by atoms with van der Waals surface area (Å²) < 4.78 is 5.69. The van der Waals surface area contributed by atoms with Crippen LogP contribution in [0.25, 0.3) is 0 Å². The molecule has 2 aromatic rings. The molecule has 0 aromatic heterocycles. The zero-order valence-corrected chi connectivity index (χ0v) is 10.6. The first-order valence-electron chi connectivity index (χ1n) is 5.68. The van der Waals surface area contributed by atoms with Crippen molar-refractivity contribution in [2.45, 2.75) is 13.3 Å². The van der Waals surface area contributed by atoms with E-state index in [1.807, 2.05) is 43.3 Å². The standard InChI is InChI=1S/C15H15ClO/c1-12-11-14(7-8-15(12)16)17-10-9-13-5-3-2-4-6-13/h2-8,11H,9-10H2,1H3. The van der Waals surface area contributed by atoms with Crippen LogP contribution in [0.1, 0.15) is 11.1 Å². The highest BCUT2D eigenvalue weighted by atomic mass is 35.5. The van der Waals surface area contributed by atoms with Gasteiger partial charge in [-0.05, 0) is 36.2 Å². The molecular weight excluding hydrogens is 232 g/mol. The first kappa shape index (κ1) is 12.0. The van der Waals surface area contributed by atoms with E-state index in [0.717, 1.165) is 22.8 Å². The van der Waals surface area contributed by atoms with Crippen molar-refractivity contribution in [1.82, 2.24) is 0 Å². The minimum atomic E-state index is 0.686. The van der Waals surface area contributed by atoms with Gasteiger partial charge in [0.1, 0.15) is 5.75 Å². The fourth-order valence-electron chi connectivity index (χ4n) is 1.64. The van der Waals surface area contributed by atoms with Crippen LogP contribution in [-0.2, 0) is 6.42 Å². The number of hydrogen-bond acceptors (Lipinski definition) is 1. The summed E-state index contributed by atoms with van der Waals surface area (Å²) in [6.45, 7) is 2.66. The summed E-state index contributed by atoms with van der Waals surface area (Å²) >= 11 is 5.96. The lowest BCUT2D eigenvalue weighted by Crippen LogP contribution is -2.01. The molecule has 2 rings (SSSR count). The minimum Gasteiger partial charge on any atom is -0.493 e. The van der Waals surface area contributed by atoms with Crippen molar-refractivity contribution >= 4 is 11.6 Å². The van der Waals surface area contributed by atoms with Crippen molar-refractivity contribution in [1.29, 1.82) is 0 Å². The smallest absolute Gasteiger partial charge is 0.119 e. The second kappa shape index (κ2) is 5.74. The molecule has 88 valence electrons. The van der Waals surface area contributed by atoms with Crippen LogP contribution in [0.3, 0.4) is 0 Å². The first-order valence-corrected chi connectivity index (χ1v) is 6.06. The number of aryl methyl sites for hydroxylation is 1. The Kier molecular flexibility index (Phi) is 4.05. The van der Waals surface area contributed by atoms with Crippen LogP contribution in [0.5, 0.6) is 5.75 Å². The number of benzene rings is 2. The molecule has 0 fully saturated rings. The molecule has 0 N–H and O–H groups in total. The number of halogens is 1. The van der Waals surface area contributed by atoms with Gasteiger partial charge in [0.05, 0.1) is 6.61 Å². The summed E-state index contributed by atoms with van der Waals surface area (Å²) in [5.74, 6) is 0.878. The lowest BCUT2D eigenvalue weighted by atomic mass is 10.2. The summed E-state index contributed by atoms with van der Waals surface area (Å²) in [6.07, 6.45) is 0.919. The summed E-state index contributed by atoms with van der Waals surface area (Å²) in [7, 11) is 0. The van der Waals surface area contributed by atoms with Gasteiger partial charge < -0.3 is 4.74 Å². The van der Waals surface area contributed by atoms with E-state index < -0.39 is 0 Å². The third-order valence-electron chi connectivity index (χ3n) is 2.63. The van der Waals surface area contributed by atoms with Crippen molar-refractivity contribution in [3.63, 3.8) is 0 Å². The van der Waals surface area contributed by atoms with Gasteiger partial charge in [0.25, 0.3) is 0 Å². The molecule has 0 atom stereocenters. The van der Waals surface area contributed by atoms with Crippen LogP contribution in [0.15, 0.2) is 48.5 Å². The molecule has 17 heavy (non-hydrogen) atoms. The van der Waals surface area contributed by atoms with Gasteiger partial charge in [-0.1, -0.05) is 41.9 Å². The maximum absolute atomic E-state index is 5.96. The topological polar surface area (TPSA) is 9.23 Å². The summed E-state index contributed by atoms with van der Waals surface area (Å²) in [4.78, 5) is 0. The molecule has 0 radical (unpaired) electrons. The molecule has 0 spiro atoms. The van der Waals surface area contributed by atoms with E-state index in [0.29, 0.717) is 6.61 Å². The Hall–Kier alpha value is -1.47. The van der Waals surface area contributed by atoms with Crippen molar-refractivity contribution < 1.29 is 4.74 Å². The van der Waals surface area contributed by atoms with Crippen LogP contribution in [-0.4, -0.2) is 6.61 Å². The van der Waals surface area contributed by atoms with Crippen molar-refractivity contribution in [3.05, 3.63) is 64.7 Å². The summed E-state index contributed by atoms with van der Waals surface area (Å²) in [6, 6.07) is 16.1. The Labute approximate surface area is 107 Å². The maximum atomic E-state index is 5.96. The highest BCUT2D eigenvalue weighted by Crippen LogP contribution is 2.21. The Morgan fingerprint density at radius 2 is 1.82 bits per heavy atom. The number of ether oxygens (including phenoxy) is 1. The van der Waals surface area contributed by atoms with Crippen LogP contribution in [0.2, 0.25) is 5.02 Å². The fourth-order valence-corrected chi connectivity index (χ4v) is 1.76. The van der Waals surface area contributed by atoms with Crippen LogP contribution in [0.4, 0.5) is 0 Å². The predicted octanol–water partition coefficient (Wildman–Crippen LogP) is 4.27. The maximum Gasteiger partial charge on any atom is 0.119 e. The molecule has 0 saturated carbocycles. The quantitative estimate of drug-likeness (QED) is 0.783. The molecule has 0 aliphatic rings. The molecule has 1 nitrogen and oxygen atoms in total. The molecule has 0 unspecified atom stereocenters. The summed E-state index contributed by atoms with van der Waals surface area (Å²) in [5, 5.41) is 0.778. The molecule has 0 aliphatic heterocycles. The first-order chi connectivity index (χ1) is 8.25. The molecule has 0 bridgehead atoms. The Morgan fingerprint density at radius 3 is 2.53 bits per heavy atom. The van der Waals surface area contributed by atoms with E-state index in [1.165, 1.54) is 5.56 Å². The van der Waals surface area contributed by atoms with Crippen LogP contribution in [0, 0.1) is 6.92 Å². The van der Waals surface area contributed by atoms with Gasteiger partial charge >= 0.3 is 0 Å². The Morgan fingerprint density at radius 1 is 1.06 bits per heavy atom. The molecule has 0 saturated heterocycles. The van der Waals surface area contributed by atoms with Gasteiger partial charge in [-0.15, -0.1) is 0 Å². The van der Waals surface area contributed by atoms with E-state index >= 15 is 0 Å². The minimum absolute atomic E-state index is 0.686. The third-order valence-corrected chi connectivity index (χ3v) is 3.06. The molecule has 2 aromatic carbocycles. The van der Waals surface area contributed by atoms with Crippen LogP contribution >= 0.6 is 11.6 Å². The zero-order valence-electron chi connectivity index (χ0n) is 9.82. The largest absolute Gasteiger partial charge is 0.493 e. The average Bonchev–Trinajstić information content (AvgIpc) is 2.35. The van der Waals surface area contributed by atoms with Gasteiger partial charge in [-0.2, -0.15) is 0 Å². The lowest BCUT2D eigenvalue weighted by Gasteiger charge is -2.07. The van der Waals surface area contributed by atoms with E-state index in [4.69, 9.17) is 16.3 Å². The van der Waals surface area contributed by atoms with E-state index in [9.17, 15) is 0 Å². The van der Waals surface area contributed by atoms with Gasteiger partial charge in [0.2, 0.25) is 0 Å². The highest BCUT2D eigenvalue weighted by Gasteiger charge is 1.98. The Bertz CT molecular complexity index is 480. The van der Waals surface area contributed by atoms with E-state index in [2.05, 4.69) is 12.1 Å². The van der Waals surface area contributed by atoms with E-state index in [-0.39, 0.29) is 0 Å². The van der Waals surface area contributed by atoms with Gasteiger partial charge in [0, 0.05) is 11.4 Å². The average molecular weight is 247 g/mol. The van der Waals surface area contributed by atoms with Crippen molar-refractivity contribution in [3.8, 4) is 5.75 Å². The summed E-state index contributed by atoms with van der Waals surface area (Å²) in [5.41, 5.74) is 2.34. The van der Waals surface area contributed by atoms with Gasteiger partial charge in [0.15, 0.2) is 0 Å². The normalized spacial score (nSPS) is 10.2. The van der Waals surface area contributed by atoms with E-state index in [1.54, 1.807) is 0 Å².